The smallest absolute Gasteiger partial charge is 0.267 e. The minimum Gasteiger partial charge on any atom is -0.497 e. The molecule has 0 bridgehead atoms. The van der Waals surface area contributed by atoms with Crippen molar-refractivity contribution in [3.63, 3.8) is 0 Å². The van der Waals surface area contributed by atoms with Crippen LogP contribution in [0, 0.1) is 6.92 Å². The van der Waals surface area contributed by atoms with Crippen LogP contribution in [0.2, 0.25) is 0 Å². The van der Waals surface area contributed by atoms with E-state index in [2.05, 4.69) is 9.97 Å². The molecule has 0 spiro atoms. The van der Waals surface area contributed by atoms with E-state index in [-0.39, 0.29) is 30.2 Å². The van der Waals surface area contributed by atoms with Gasteiger partial charge in [0.25, 0.3) is 17.4 Å². The molecule has 0 saturated carbocycles. The third-order valence-electron chi connectivity index (χ3n) is 6.15. The summed E-state index contributed by atoms with van der Waals surface area (Å²) in [5.74, 6) is 0.587. The number of pyridine rings is 1. The molecule has 4 aromatic rings. The van der Waals surface area contributed by atoms with Crippen LogP contribution in [0.5, 0.6) is 11.5 Å². The van der Waals surface area contributed by atoms with Crippen molar-refractivity contribution in [3.05, 3.63) is 87.6 Å². The maximum absolute atomic E-state index is 13.6. The zero-order chi connectivity index (χ0) is 26.3. The van der Waals surface area contributed by atoms with E-state index in [0.29, 0.717) is 39.6 Å². The number of rotatable bonds is 7. The molecule has 9 nitrogen and oxygen atoms in total. The number of hydrogen-bond acceptors (Lipinski definition) is 7. The molecule has 1 aliphatic heterocycles. The molecule has 0 radical (unpaired) electrons. The van der Waals surface area contributed by atoms with Crippen LogP contribution >= 0.6 is 0 Å². The van der Waals surface area contributed by atoms with Crippen molar-refractivity contribution >= 4 is 22.8 Å². The SMILES string of the molecule is COc1ccc(-n2c(CCN3C(=O)c4cccc(OC(C)C)c4C3=O)nc3nc(C)ccc3c2=O)cc1. The monoisotopic (exact) mass is 498 g/mol. The van der Waals surface area contributed by atoms with E-state index in [4.69, 9.17) is 9.47 Å². The zero-order valence-electron chi connectivity index (χ0n) is 21.0. The van der Waals surface area contributed by atoms with Crippen molar-refractivity contribution < 1.29 is 19.1 Å². The Kier molecular flexibility index (Phi) is 6.20. The van der Waals surface area contributed by atoms with Gasteiger partial charge in [-0.3, -0.25) is 23.9 Å². The standard InChI is InChI=1S/C28H26N4O5/c1-16(2)37-22-7-5-6-20-24(22)28(35)31(26(20)33)15-14-23-30-25-21(13-8-17(3)29-25)27(34)32(23)18-9-11-19(36-4)12-10-18/h5-13,16H,14-15H2,1-4H3. The van der Waals surface area contributed by atoms with Crippen molar-refractivity contribution in [2.75, 3.05) is 13.7 Å². The summed E-state index contributed by atoms with van der Waals surface area (Å²) in [6.07, 6.45) is -0.00119. The van der Waals surface area contributed by atoms with E-state index in [1.54, 1.807) is 61.7 Å². The van der Waals surface area contributed by atoms with Crippen molar-refractivity contribution in [2.24, 2.45) is 0 Å². The van der Waals surface area contributed by atoms with Crippen LogP contribution in [0.1, 0.15) is 46.1 Å². The number of methoxy groups -OCH3 is 1. The third-order valence-corrected chi connectivity index (χ3v) is 6.15. The van der Waals surface area contributed by atoms with Gasteiger partial charge in [-0.2, -0.15) is 0 Å². The van der Waals surface area contributed by atoms with Gasteiger partial charge in [-0.25, -0.2) is 9.97 Å². The number of aromatic nitrogens is 3. The number of ether oxygens (including phenoxy) is 2. The molecule has 0 fully saturated rings. The Morgan fingerprint density at radius 1 is 0.919 bits per heavy atom. The Morgan fingerprint density at radius 2 is 1.68 bits per heavy atom. The molecule has 2 aromatic heterocycles. The lowest BCUT2D eigenvalue weighted by Crippen LogP contribution is -2.34. The van der Waals surface area contributed by atoms with E-state index in [1.807, 2.05) is 20.8 Å². The van der Waals surface area contributed by atoms with Crippen LogP contribution < -0.4 is 15.0 Å². The Hall–Kier alpha value is -4.53. The highest BCUT2D eigenvalue weighted by Crippen LogP contribution is 2.31. The van der Waals surface area contributed by atoms with Gasteiger partial charge in [-0.1, -0.05) is 6.07 Å². The number of hydrogen-bond donors (Lipinski definition) is 0. The number of aryl methyl sites for hydroxylation is 1. The topological polar surface area (TPSA) is 104 Å². The average Bonchev–Trinajstić information content (AvgIpc) is 3.12. The lowest BCUT2D eigenvalue weighted by Gasteiger charge is -2.17. The van der Waals surface area contributed by atoms with Crippen molar-refractivity contribution in [2.45, 2.75) is 33.3 Å². The predicted octanol–water partition coefficient (Wildman–Crippen LogP) is 3.72. The lowest BCUT2D eigenvalue weighted by molar-refractivity contribution is 0.0654. The summed E-state index contributed by atoms with van der Waals surface area (Å²) in [6.45, 7) is 5.58. The first-order valence-electron chi connectivity index (χ1n) is 12.0. The lowest BCUT2D eigenvalue weighted by atomic mass is 10.1. The van der Waals surface area contributed by atoms with Crippen LogP contribution in [-0.2, 0) is 6.42 Å². The molecule has 0 unspecified atom stereocenters. The van der Waals surface area contributed by atoms with E-state index in [1.165, 1.54) is 9.47 Å². The highest BCUT2D eigenvalue weighted by atomic mass is 16.5. The first-order chi connectivity index (χ1) is 17.8. The van der Waals surface area contributed by atoms with E-state index in [0.717, 1.165) is 5.69 Å². The quantitative estimate of drug-likeness (QED) is 0.358. The number of nitrogens with zero attached hydrogens (tertiary/aromatic N) is 4. The van der Waals surface area contributed by atoms with E-state index in [9.17, 15) is 14.4 Å². The Bertz CT molecular complexity index is 1590. The highest BCUT2D eigenvalue weighted by molar-refractivity contribution is 6.22. The molecule has 37 heavy (non-hydrogen) atoms. The Labute approximate surface area is 213 Å². The number of carbonyl (C=O) groups is 2. The molecule has 2 amide bonds. The summed E-state index contributed by atoms with van der Waals surface area (Å²) in [5.41, 5.74) is 1.92. The molecular weight excluding hydrogens is 472 g/mol. The minimum absolute atomic E-state index is 0.0351. The van der Waals surface area contributed by atoms with Crippen LogP contribution in [-0.4, -0.2) is 51.0 Å². The summed E-state index contributed by atoms with van der Waals surface area (Å²) in [6, 6.07) is 15.5. The highest BCUT2D eigenvalue weighted by Gasteiger charge is 2.38. The normalized spacial score (nSPS) is 12.9. The van der Waals surface area contributed by atoms with Crippen molar-refractivity contribution in [1.82, 2.24) is 19.4 Å². The second kappa shape index (κ2) is 9.50. The Balaban J connectivity index is 1.54. The van der Waals surface area contributed by atoms with Gasteiger partial charge in [0.1, 0.15) is 17.3 Å². The third kappa shape index (κ3) is 4.33. The van der Waals surface area contributed by atoms with Gasteiger partial charge in [0.15, 0.2) is 5.65 Å². The fraction of sp³-hybridized carbons (Fsp3) is 0.250. The van der Waals surface area contributed by atoms with Crippen LogP contribution in [0.25, 0.3) is 16.7 Å². The molecule has 3 heterocycles. The van der Waals surface area contributed by atoms with Gasteiger partial charge < -0.3 is 9.47 Å². The number of benzene rings is 2. The molecular formula is C28H26N4O5. The molecule has 0 aliphatic carbocycles. The number of amides is 2. The number of carbonyl (C=O) groups excluding carboxylic acids is 2. The van der Waals surface area contributed by atoms with Gasteiger partial charge in [-0.05, 0) is 69.3 Å². The maximum atomic E-state index is 13.6. The minimum atomic E-state index is -0.427. The molecule has 0 N–H and O–H groups in total. The summed E-state index contributed by atoms with van der Waals surface area (Å²) < 4.78 is 12.5. The fourth-order valence-electron chi connectivity index (χ4n) is 4.44. The number of fused-ring (bicyclic) bond motifs is 2. The largest absolute Gasteiger partial charge is 0.497 e. The van der Waals surface area contributed by atoms with E-state index < -0.39 is 11.8 Å². The number of imide groups is 1. The Morgan fingerprint density at radius 3 is 2.38 bits per heavy atom. The van der Waals surface area contributed by atoms with Crippen LogP contribution in [0.15, 0.2) is 59.4 Å². The molecule has 1 aliphatic rings. The average molecular weight is 499 g/mol. The van der Waals surface area contributed by atoms with Crippen LogP contribution in [0.3, 0.4) is 0 Å². The van der Waals surface area contributed by atoms with Gasteiger partial charge >= 0.3 is 0 Å². The molecule has 2 aromatic carbocycles. The molecule has 188 valence electrons. The van der Waals surface area contributed by atoms with Gasteiger partial charge in [0, 0.05) is 18.7 Å². The van der Waals surface area contributed by atoms with Crippen LogP contribution in [0.4, 0.5) is 0 Å². The summed E-state index contributed by atoms with van der Waals surface area (Å²) >= 11 is 0. The second-order valence-corrected chi connectivity index (χ2v) is 9.05. The van der Waals surface area contributed by atoms with Gasteiger partial charge in [-0.15, -0.1) is 0 Å². The summed E-state index contributed by atoms with van der Waals surface area (Å²) in [4.78, 5) is 50.3. The summed E-state index contributed by atoms with van der Waals surface area (Å²) in [7, 11) is 1.57. The maximum Gasteiger partial charge on any atom is 0.267 e. The van der Waals surface area contributed by atoms with E-state index >= 15 is 0 Å². The fourth-order valence-corrected chi connectivity index (χ4v) is 4.44. The van der Waals surface area contributed by atoms with Crippen molar-refractivity contribution in [1.29, 1.82) is 0 Å². The predicted molar refractivity (Wildman–Crippen MR) is 138 cm³/mol. The van der Waals surface area contributed by atoms with Crippen molar-refractivity contribution in [3.8, 4) is 17.2 Å². The molecule has 5 rings (SSSR count). The molecule has 0 atom stereocenters. The molecule has 9 heteroatoms. The first-order valence-corrected chi connectivity index (χ1v) is 12.0. The first kappa shape index (κ1) is 24.2. The molecule has 0 saturated heterocycles. The van der Waals surface area contributed by atoms with Gasteiger partial charge in [0.05, 0.1) is 35.4 Å². The van der Waals surface area contributed by atoms with Gasteiger partial charge in [0.2, 0.25) is 0 Å². The second-order valence-electron chi connectivity index (χ2n) is 9.05. The zero-order valence-corrected chi connectivity index (χ0v) is 21.0. The summed E-state index contributed by atoms with van der Waals surface area (Å²) in [5, 5.41) is 0.376.